The monoisotopic (exact) mass is 278 g/mol. The third-order valence-electron chi connectivity index (χ3n) is 1.99. The van der Waals surface area contributed by atoms with Crippen molar-refractivity contribution >= 4 is 40.9 Å². The maximum atomic E-state index is 11.9. The standard InChI is InChI=1S/C10H12Cl2N2OS/c1-14(5-6-16-2)10(15)9-7(11)3-4-8(12)13-9/h3-4H,5-6H2,1-2H3. The van der Waals surface area contributed by atoms with Gasteiger partial charge in [0.1, 0.15) is 10.8 Å². The van der Waals surface area contributed by atoms with Crippen molar-refractivity contribution in [2.75, 3.05) is 25.6 Å². The third-order valence-corrected chi connectivity index (χ3v) is 3.10. The minimum Gasteiger partial charge on any atom is -0.339 e. The highest BCUT2D eigenvalue weighted by molar-refractivity contribution is 7.98. The van der Waals surface area contributed by atoms with Gasteiger partial charge in [-0.3, -0.25) is 4.79 Å². The quantitative estimate of drug-likeness (QED) is 0.795. The molecule has 0 atom stereocenters. The van der Waals surface area contributed by atoms with Crippen LogP contribution in [0, 0.1) is 0 Å². The first-order chi connectivity index (χ1) is 7.56. The van der Waals surface area contributed by atoms with Crippen LogP contribution in [0.4, 0.5) is 0 Å². The molecule has 0 radical (unpaired) electrons. The van der Waals surface area contributed by atoms with Gasteiger partial charge in [0.25, 0.3) is 5.91 Å². The minimum absolute atomic E-state index is 0.206. The van der Waals surface area contributed by atoms with E-state index < -0.39 is 0 Å². The third kappa shape index (κ3) is 3.54. The summed E-state index contributed by atoms with van der Waals surface area (Å²) in [4.78, 5) is 17.5. The van der Waals surface area contributed by atoms with Crippen LogP contribution in [0.2, 0.25) is 10.2 Å². The first kappa shape index (κ1) is 13.6. The lowest BCUT2D eigenvalue weighted by Crippen LogP contribution is -2.29. The normalized spacial score (nSPS) is 10.2. The SMILES string of the molecule is CSCCN(C)C(=O)c1nc(Cl)ccc1Cl. The molecule has 0 N–H and O–H groups in total. The minimum atomic E-state index is -0.207. The average Bonchev–Trinajstić information content (AvgIpc) is 2.28. The van der Waals surface area contributed by atoms with Gasteiger partial charge in [-0.2, -0.15) is 11.8 Å². The topological polar surface area (TPSA) is 33.2 Å². The summed E-state index contributed by atoms with van der Waals surface area (Å²) >= 11 is 13.3. The summed E-state index contributed by atoms with van der Waals surface area (Å²) < 4.78 is 0. The highest BCUT2D eigenvalue weighted by Gasteiger charge is 2.16. The Labute approximate surface area is 109 Å². The van der Waals surface area contributed by atoms with Crippen LogP contribution in [0.1, 0.15) is 10.5 Å². The highest BCUT2D eigenvalue weighted by atomic mass is 35.5. The number of amides is 1. The number of halogens is 2. The molecule has 0 spiro atoms. The lowest BCUT2D eigenvalue weighted by atomic mass is 10.3. The maximum Gasteiger partial charge on any atom is 0.273 e. The lowest BCUT2D eigenvalue weighted by Gasteiger charge is -2.16. The van der Waals surface area contributed by atoms with Crippen molar-refractivity contribution in [1.82, 2.24) is 9.88 Å². The Balaban J connectivity index is 2.83. The zero-order valence-corrected chi connectivity index (χ0v) is 11.4. The van der Waals surface area contributed by atoms with Gasteiger partial charge < -0.3 is 4.90 Å². The Hall–Kier alpha value is -0.450. The summed E-state index contributed by atoms with van der Waals surface area (Å²) in [6.07, 6.45) is 1.99. The van der Waals surface area contributed by atoms with Crippen LogP contribution >= 0.6 is 35.0 Å². The van der Waals surface area contributed by atoms with E-state index in [0.29, 0.717) is 11.6 Å². The number of carbonyl (C=O) groups excluding carboxylic acids is 1. The van der Waals surface area contributed by atoms with Crippen molar-refractivity contribution in [3.8, 4) is 0 Å². The van der Waals surface area contributed by atoms with Crippen LogP contribution < -0.4 is 0 Å². The zero-order chi connectivity index (χ0) is 12.1. The molecule has 0 aliphatic carbocycles. The van der Waals surface area contributed by atoms with E-state index in [1.807, 2.05) is 6.26 Å². The van der Waals surface area contributed by atoms with E-state index in [4.69, 9.17) is 23.2 Å². The van der Waals surface area contributed by atoms with E-state index >= 15 is 0 Å². The molecule has 88 valence electrons. The van der Waals surface area contributed by atoms with E-state index in [2.05, 4.69) is 4.98 Å². The Morgan fingerprint density at radius 1 is 1.50 bits per heavy atom. The Kier molecular flexibility index (Phi) is 5.38. The molecule has 3 nitrogen and oxygen atoms in total. The first-order valence-corrected chi connectivity index (χ1v) is 6.77. The number of pyridine rings is 1. The predicted octanol–water partition coefficient (Wildman–Crippen LogP) is 2.82. The Bertz CT molecular complexity index is 387. The molecule has 0 aliphatic rings. The van der Waals surface area contributed by atoms with E-state index in [1.54, 1.807) is 35.8 Å². The second kappa shape index (κ2) is 6.33. The molecule has 16 heavy (non-hydrogen) atoms. The van der Waals surface area contributed by atoms with Crippen molar-refractivity contribution in [1.29, 1.82) is 0 Å². The Morgan fingerprint density at radius 2 is 2.19 bits per heavy atom. The van der Waals surface area contributed by atoms with E-state index in [9.17, 15) is 4.79 Å². The molecular weight excluding hydrogens is 267 g/mol. The summed E-state index contributed by atoms with van der Waals surface area (Å²) in [6, 6.07) is 3.13. The number of aromatic nitrogens is 1. The van der Waals surface area contributed by atoms with Gasteiger partial charge in [-0.15, -0.1) is 0 Å². The molecule has 0 unspecified atom stereocenters. The molecule has 1 aromatic rings. The fourth-order valence-corrected chi connectivity index (χ4v) is 1.87. The molecule has 1 rings (SSSR count). The van der Waals surface area contributed by atoms with Crippen molar-refractivity contribution in [3.05, 3.63) is 28.0 Å². The zero-order valence-electron chi connectivity index (χ0n) is 9.04. The summed E-state index contributed by atoms with van der Waals surface area (Å²) in [5.41, 5.74) is 0.206. The number of carbonyl (C=O) groups is 1. The van der Waals surface area contributed by atoms with Crippen LogP contribution in [-0.4, -0.2) is 41.4 Å². The fourth-order valence-electron chi connectivity index (χ4n) is 1.08. The maximum absolute atomic E-state index is 11.9. The van der Waals surface area contributed by atoms with Crippen molar-refractivity contribution in [2.45, 2.75) is 0 Å². The van der Waals surface area contributed by atoms with Gasteiger partial charge in [0.05, 0.1) is 5.02 Å². The van der Waals surface area contributed by atoms with Gasteiger partial charge in [-0.1, -0.05) is 23.2 Å². The fraction of sp³-hybridized carbons (Fsp3) is 0.400. The highest BCUT2D eigenvalue weighted by Crippen LogP contribution is 2.18. The van der Waals surface area contributed by atoms with Crippen molar-refractivity contribution in [2.24, 2.45) is 0 Å². The van der Waals surface area contributed by atoms with Crippen LogP contribution in [-0.2, 0) is 0 Å². The predicted molar refractivity (Wildman–Crippen MR) is 69.6 cm³/mol. The van der Waals surface area contributed by atoms with Gasteiger partial charge in [0.15, 0.2) is 0 Å². The molecule has 0 aliphatic heterocycles. The van der Waals surface area contributed by atoms with Gasteiger partial charge in [0.2, 0.25) is 0 Å². The second-order valence-electron chi connectivity index (χ2n) is 3.18. The number of rotatable bonds is 4. The summed E-state index contributed by atoms with van der Waals surface area (Å²) in [5, 5.41) is 0.594. The molecule has 0 saturated heterocycles. The first-order valence-electron chi connectivity index (χ1n) is 4.62. The van der Waals surface area contributed by atoms with Gasteiger partial charge >= 0.3 is 0 Å². The smallest absolute Gasteiger partial charge is 0.273 e. The summed E-state index contributed by atoms with van der Waals surface area (Å²) in [5.74, 6) is 0.669. The summed E-state index contributed by atoms with van der Waals surface area (Å²) in [6.45, 7) is 0.657. The Morgan fingerprint density at radius 3 is 2.81 bits per heavy atom. The molecule has 0 saturated carbocycles. The largest absolute Gasteiger partial charge is 0.339 e. The van der Waals surface area contributed by atoms with Crippen molar-refractivity contribution < 1.29 is 4.79 Å². The molecular formula is C10H12Cl2N2OS. The van der Waals surface area contributed by atoms with Gasteiger partial charge in [0, 0.05) is 19.3 Å². The number of hydrogen-bond acceptors (Lipinski definition) is 3. The van der Waals surface area contributed by atoms with Gasteiger partial charge in [-0.25, -0.2) is 4.98 Å². The molecule has 1 heterocycles. The molecule has 0 aromatic carbocycles. The van der Waals surface area contributed by atoms with Crippen molar-refractivity contribution in [3.63, 3.8) is 0 Å². The van der Waals surface area contributed by atoms with E-state index in [0.717, 1.165) is 5.75 Å². The number of thioether (sulfide) groups is 1. The van der Waals surface area contributed by atoms with Crippen LogP contribution in [0.5, 0.6) is 0 Å². The second-order valence-corrected chi connectivity index (χ2v) is 4.96. The van der Waals surface area contributed by atoms with Gasteiger partial charge in [-0.05, 0) is 18.4 Å². The average molecular weight is 279 g/mol. The molecule has 6 heteroatoms. The summed E-state index contributed by atoms with van der Waals surface area (Å²) in [7, 11) is 1.72. The number of hydrogen-bond donors (Lipinski definition) is 0. The molecule has 1 aromatic heterocycles. The van der Waals surface area contributed by atoms with E-state index in [1.165, 1.54) is 0 Å². The molecule has 1 amide bonds. The van der Waals surface area contributed by atoms with Crippen LogP contribution in [0.15, 0.2) is 12.1 Å². The lowest BCUT2D eigenvalue weighted by molar-refractivity contribution is 0.0798. The number of nitrogens with zero attached hydrogens (tertiary/aromatic N) is 2. The van der Waals surface area contributed by atoms with Crippen LogP contribution in [0.25, 0.3) is 0 Å². The molecule has 0 bridgehead atoms. The molecule has 0 fully saturated rings. The van der Waals surface area contributed by atoms with E-state index in [-0.39, 0.29) is 16.8 Å². The van der Waals surface area contributed by atoms with Crippen LogP contribution in [0.3, 0.4) is 0 Å².